The van der Waals surface area contributed by atoms with Crippen molar-refractivity contribution in [2.24, 2.45) is 0 Å². The lowest BCUT2D eigenvalue weighted by molar-refractivity contribution is -0.114. The molecule has 2 heterocycles. The lowest BCUT2D eigenvalue weighted by Gasteiger charge is -2.20. The van der Waals surface area contributed by atoms with Crippen molar-refractivity contribution in [2.75, 3.05) is 4.90 Å². The van der Waals surface area contributed by atoms with Crippen LogP contribution in [0.25, 0.3) is 0 Å². The Bertz CT molecular complexity index is 566. The molecule has 4 nitrogen and oxygen atoms in total. The molecule has 0 radical (unpaired) electrons. The Morgan fingerprint density at radius 2 is 1.84 bits per heavy atom. The van der Waals surface area contributed by atoms with Crippen molar-refractivity contribution in [3.63, 3.8) is 0 Å². The van der Waals surface area contributed by atoms with E-state index >= 15 is 0 Å². The first-order chi connectivity index (χ1) is 8.66. The molecule has 1 unspecified atom stereocenters. The van der Waals surface area contributed by atoms with E-state index in [1.807, 2.05) is 20.8 Å². The predicted molar refractivity (Wildman–Crippen MR) is 83.6 cm³/mol. The summed E-state index contributed by atoms with van der Waals surface area (Å²) in [5.74, 6) is 1.50. The van der Waals surface area contributed by atoms with Gasteiger partial charge in [0.15, 0.2) is 5.82 Å². The van der Waals surface area contributed by atoms with Crippen LogP contribution in [0.3, 0.4) is 0 Å². The van der Waals surface area contributed by atoms with Gasteiger partial charge in [0.25, 0.3) is 5.91 Å². The molecule has 0 N–H and O–H groups in total. The highest BCUT2D eigenvalue weighted by Gasteiger charge is 2.38. The predicted octanol–water partition coefficient (Wildman–Crippen LogP) is 3.72. The average molecular weight is 374 g/mol. The largest absolute Gasteiger partial charge is 0.358 e. The third kappa shape index (κ3) is 2.22. The zero-order valence-electron chi connectivity index (χ0n) is 12.2. The van der Waals surface area contributed by atoms with Crippen LogP contribution in [-0.2, 0) is 10.2 Å². The van der Waals surface area contributed by atoms with Crippen LogP contribution in [0.15, 0.2) is 15.7 Å². The Labute approximate surface area is 127 Å². The van der Waals surface area contributed by atoms with Crippen LogP contribution >= 0.6 is 22.6 Å². The first-order valence-corrected chi connectivity index (χ1v) is 7.52. The lowest BCUT2D eigenvalue weighted by Crippen LogP contribution is -2.32. The number of carbonyl (C=O) groups excluding carboxylic acids is 1. The molecule has 0 aromatic carbocycles. The number of carbonyl (C=O) groups is 1. The highest BCUT2D eigenvalue weighted by Crippen LogP contribution is 2.38. The fourth-order valence-electron chi connectivity index (χ4n) is 2.28. The van der Waals surface area contributed by atoms with E-state index in [1.54, 1.807) is 4.90 Å². The molecule has 1 amide bonds. The number of halogens is 1. The van der Waals surface area contributed by atoms with Crippen LogP contribution in [0, 0.1) is 6.92 Å². The zero-order chi connectivity index (χ0) is 14.5. The standard InChI is InChI=1S/C14H19IN2O2/c1-7-8(2)13(18)17(11(7)15)12-9(3)10(19-16-12)14(4,5)6/h11H,1-6H3. The van der Waals surface area contributed by atoms with E-state index in [0.717, 1.165) is 22.5 Å². The second-order valence-electron chi connectivity index (χ2n) is 6.03. The van der Waals surface area contributed by atoms with Crippen LogP contribution in [0.4, 0.5) is 5.82 Å². The smallest absolute Gasteiger partial charge is 0.256 e. The molecule has 2 rings (SSSR count). The van der Waals surface area contributed by atoms with E-state index in [9.17, 15) is 4.79 Å². The maximum Gasteiger partial charge on any atom is 0.256 e. The normalized spacial score (nSPS) is 20.7. The minimum Gasteiger partial charge on any atom is -0.358 e. The number of rotatable bonds is 1. The molecule has 104 valence electrons. The summed E-state index contributed by atoms with van der Waals surface area (Å²) < 4.78 is 5.49. The van der Waals surface area contributed by atoms with Crippen molar-refractivity contribution in [2.45, 2.75) is 51.0 Å². The Morgan fingerprint density at radius 1 is 1.26 bits per heavy atom. The molecule has 1 atom stereocenters. The summed E-state index contributed by atoms with van der Waals surface area (Å²) in [5.41, 5.74) is 2.73. The second-order valence-corrected chi connectivity index (χ2v) is 7.21. The Balaban J connectivity index is 2.46. The molecule has 1 aromatic rings. The molecule has 1 aliphatic heterocycles. The molecular weight excluding hydrogens is 355 g/mol. The van der Waals surface area contributed by atoms with E-state index in [0.29, 0.717) is 5.82 Å². The number of anilines is 1. The van der Waals surface area contributed by atoms with Crippen molar-refractivity contribution in [3.8, 4) is 0 Å². The monoisotopic (exact) mass is 374 g/mol. The summed E-state index contributed by atoms with van der Waals surface area (Å²) in [5, 5.41) is 4.13. The van der Waals surface area contributed by atoms with Crippen molar-refractivity contribution in [1.29, 1.82) is 0 Å². The van der Waals surface area contributed by atoms with E-state index in [2.05, 4.69) is 48.5 Å². The van der Waals surface area contributed by atoms with E-state index in [-0.39, 0.29) is 15.4 Å². The molecule has 0 spiro atoms. The Morgan fingerprint density at radius 3 is 2.21 bits per heavy atom. The first kappa shape index (κ1) is 14.6. The molecule has 1 aromatic heterocycles. The fourth-order valence-corrected chi connectivity index (χ4v) is 3.26. The van der Waals surface area contributed by atoms with Gasteiger partial charge in [0.1, 0.15) is 9.81 Å². The summed E-state index contributed by atoms with van der Waals surface area (Å²) in [4.78, 5) is 14.0. The van der Waals surface area contributed by atoms with Crippen LogP contribution in [0.2, 0.25) is 0 Å². The summed E-state index contributed by atoms with van der Waals surface area (Å²) in [6.07, 6.45) is 0. The maximum absolute atomic E-state index is 12.3. The third-order valence-corrected chi connectivity index (χ3v) is 5.02. The van der Waals surface area contributed by atoms with Crippen molar-refractivity contribution in [3.05, 3.63) is 22.5 Å². The summed E-state index contributed by atoms with van der Waals surface area (Å²) in [6.45, 7) is 12.0. The van der Waals surface area contributed by atoms with Gasteiger partial charge >= 0.3 is 0 Å². The molecule has 1 aliphatic rings. The maximum atomic E-state index is 12.3. The molecule has 0 bridgehead atoms. The van der Waals surface area contributed by atoms with Crippen LogP contribution in [0.1, 0.15) is 45.9 Å². The molecule has 0 saturated carbocycles. The third-order valence-electron chi connectivity index (χ3n) is 3.52. The highest BCUT2D eigenvalue weighted by atomic mass is 127. The van der Waals surface area contributed by atoms with Gasteiger partial charge in [-0.3, -0.25) is 9.69 Å². The lowest BCUT2D eigenvalue weighted by atomic mass is 9.90. The van der Waals surface area contributed by atoms with Gasteiger partial charge in [-0.25, -0.2) is 0 Å². The SMILES string of the molecule is CC1=C(C)C(I)N(c2noc(C(C)(C)C)c2C)C1=O. The number of nitrogens with zero attached hydrogens (tertiary/aromatic N) is 2. The molecular formula is C14H19IN2O2. The van der Waals surface area contributed by atoms with Crippen LogP contribution in [0.5, 0.6) is 0 Å². The molecule has 5 heteroatoms. The van der Waals surface area contributed by atoms with Crippen LogP contribution < -0.4 is 4.90 Å². The molecule has 0 saturated heterocycles. The molecule has 0 aliphatic carbocycles. The van der Waals surface area contributed by atoms with Gasteiger partial charge in [-0.15, -0.1) is 0 Å². The van der Waals surface area contributed by atoms with E-state index < -0.39 is 0 Å². The summed E-state index contributed by atoms with van der Waals surface area (Å²) in [6, 6.07) is 0. The van der Waals surface area contributed by atoms with Crippen molar-refractivity contribution >= 4 is 34.3 Å². The second kappa shape index (κ2) is 4.61. The Kier molecular flexibility index (Phi) is 3.53. The minimum atomic E-state index is -0.115. The topological polar surface area (TPSA) is 46.3 Å². The van der Waals surface area contributed by atoms with Gasteiger partial charge in [-0.1, -0.05) is 48.5 Å². The van der Waals surface area contributed by atoms with E-state index in [1.165, 1.54) is 0 Å². The van der Waals surface area contributed by atoms with Gasteiger partial charge < -0.3 is 4.52 Å². The quantitative estimate of drug-likeness (QED) is 0.428. The van der Waals surface area contributed by atoms with Gasteiger partial charge in [-0.05, 0) is 26.3 Å². The molecule has 0 fully saturated rings. The van der Waals surface area contributed by atoms with Gasteiger partial charge in [0.05, 0.1) is 0 Å². The van der Waals surface area contributed by atoms with Gasteiger partial charge in [0, 0.05) is 16.6 Å². The first-order valence-electron chi connectivity index (χ1n) is 6.28. The number of aromatic nitrogens is 1. The van der Waals surface area contributed by atoms with E-state index in [4.69, 9.17) is 4.52 Å². The van der Waals surface area contributed by atoms with Crippen molar-refractivity contribution in [1.82, 2.24) is 5.16 Å². The fraction of sp³-hybridized carbons (Fsp3) is 0.571. The number of hydrogen-bond donors (Lipinski definition) is 0. The molecule has 19 heavy (non-hydrogen) atoms. The van der Waals surface area contributed by atoms with Crippen LogP contribution in [-0.4, -0.2) is 15.1 Å². The zero-order valence-corrected chi connectivity index (χ0v) is 14.3. The highest BCUT2D eigenvalue weighted by molar-refractivity contribution is 14.1. The summed E-state index contributed by atoms with van der Waals surface area (Å²) >= 11 is 2.27. The minimum absolute atomic E-state index is 0.0155. The average Bonchev–Trinajstić information content (AvgIpc) is 2.76. The number of alkyl halides is 1. The summed E-state index contributed by atoms with van der Waals surface area (Å²) in [7, 11) is 0. The Hall–Kier alpha value is -0.850. The van der Waals surface area contributed by atoms with Crippen molar-refractivity contribution < 1.29 is 9.32 Å². The van der Waals surface area contributed by atoms with Gasteiger partial charge in [-0.2, -0.15) is 0 Å². The number of hydrogen-bond acceptors (Lipinski definition) is 3. The van der Waals surface area contributed by atoms with Gasteiger partial charge in [0.2, 0.25) is 0 Å². The number of amides is 1.